The molecule has 0 amide bonds. The van der Waals surface area contributed by atoms with E-state index in [1.54, 1.807) is 17.6 Å². The second-order valence-corrected chi connectivity index (χ2v) is 7.87. The molecule has 2 aromatic rings. The highest BCUT2D eigenvalue weighted by Crippen LogP contribution is 2.24. The van der Waals surface area contributed by atoms with Crippen LogP contribution in [0.25, 0.3) is 0 Å². The smallest absolute Gasteiger partial charge is 0.242 e. The van der Waals surface area contributed by atoms with E-state index in [-0.39, 0.29) is 6.04 Å². The highest BCUT2D eigenvalue weighted by Gasteiger charge is 2.22. The maximum absolute atomic E-state index is 12.4. The summed E-state index contributed by atoms with van der Waals surface area (Å²) in [4.78, 5) is 5.50. The molecule has 2 heterocycles. The van der Waals surface area contributed by atoms with Crippen molar-refractivity contribution in [1.29, 1.82) is 0 Å². The molecule has 20 heavy (non-hydrogen) atoms. The van der Waals surface area contributed by atoms with E-state index in [0.29, 0.717) is 17.9 Å². The molecule has 5 nitrogen and oxygen atoms in total. The number of nitrogens with zero attached hydrogens (tertiary/aromatic N) is 1. The third-order valence-electron chi connectivity index (χ3n) is 2.75. The molecule has 2 aromatic heterocycles. The number of thiazole rings is 1. The summed E-state index contributed by atoms with van der Waals surface area (Å²) in [5.74, 6) is 0. The van der Waals surface area contributed by atoms with Crippen molar-refractivity contribution < 1.29 is 8.42 Å². The Morgan fingerprint density at radius 2 is 2.20 bits per heavy atom. The molecule has 0 saturated carbocycles. The largest absolute Gasteiger partial charge is 0.315 e. The first-order valence-corrected chi connectivity index (χ1v) is 9.44. The van der Waals surface area contributed by atoms with E-state index in [2.05, 4.69) is 15.0 Å². The lowest BCUT2D eigenvalue weighted by Gasteiger charge is -2.13. The van der Waals surface area contributed by atoms with E-state index in [1.165, 1.54) is 22.7 Å². The van der Waals surface area contributed by atoms with Gasteiger partial charge in [0.15, 0.2) is 0 Å². The van der Waals surface area contributed by atoms with E-state index in [4.69, 9.17) is 0 Å². The first-order chi connectivity index (χ1) is 9.56. The molecule has 110 valence electrons. The molecule has 1 atom stereocenters. The Bertz CT molecular complexity index is 635. The van der Waals surface area contributed by atoms with Crippen LogP contribution in [0.2, 0.25) is 0 Å². The molecule has 8 heteroatoms. The molecule has 0 saturated heterocycles. The van der Waals surface area contributed by atoms with Gasteiger partial charge in [-0.25, -0.2) is 18.1 Å². The van der Waals surface area contributed by atoms with Crippen LogP contribution in [-0.2, 0) is 16.6 Å². The molecule has 0 radical (unpaired) electrons. The molecule has 1 unspecified atom stereocenters. The van der Waals surface area contributed by atoms with Gasteiger partial charge in [-0.1, -0.05) is 6.92 Å². The fraction of sp³-hybridized carbons (Fsp3) is 0.417. The van der Waals surface area contributed by atoms with Crippen molar-refractivity contribution in [2.75, 3.05) is 7.05 Å². The van der Waals surface area contributed by atoms with Crippen LogP contribution < -0.4 is 10.0 Å². The summed E-state index contributed by atoms with van der Waals surface area (Å²) >= 11 is 2.90. The predicted molar refractivity (Wildman–Crippen MR) is 82.6 cm³/mol. The standard InChI is InChI=1S/C12H17N3O2S3/c1-3-11(12-14-4-5-18-12)15-20(16,17)10-6-9(7-13-2)19-8-10/h4-6,8,11,13,15H,3,7H2,1-2H3. The van der Waals surface area contributed by atoms with Crippen molar-refractivity contribution >= 4 is 32.7 Å². The zero-order valence-corrected chi connectivity index (χ0v) is 13.7. The van der Waals surface area contributed by atoms with Crippen molar-refractivity contribution in [1.82, 2.24) is 15.0 Å². The first kappa shape index (κ1) is 15.6. The van der Waals surface area contributed by atoms with Gasteiger partial charge >= 0.3 is 0 Å². The van der Waals surface area contributed by atoms with Crippen molar-refractivity contribution in [3.05, 3.63) is 32.9 Å². The molecule has 0 aromatic carbocycles. The van der Waals surface area contributed by atoms with Gasteiger partial charge in [0.25, 0.3) is 0 Å². The number of thiophene rings is 1. The zero-order chi connectivity index (χ0) is 14.6. The Labute approximate surface area is 127 Å². The van der Waals surface area contributed by atoms with Crippen LogP contribution in [0, 0.1) is 0 Å². The molecule has 0 aliphatic heterocycles. The average molecular weight is 331 g/mol. The molecule has 0 aliphatic carbocycles. The average Bonchev–Trinajstić information content (AvgIpc) is 3.07. The highest BCUT2D eigenvalue weighted by molar-refractivity contribution is 7.89. The normalized spacial score (nSPS) is 13.5. The second kappa shape index (κ2) is 6.77. The van der Waals surface area contributed by atoms with Gasteiger partial charge in [0.1, 0.15) is 5.01 Å². The van der Waals surface area contributed by atoms with Crippen molar-refractivity contribution in [3.63, 3.8) is 0 Å². The molecule has 2 rings (SSSR count). The molecule has 0 aliphatic rings. The van der Waals surface area contributed by atoms with Gasteiger partial charge in [0.2, 0.25) is 10.0 Å². The third kappa shape index (κ3) is 3.64. The van der Waals surface area contributed by atoms with Crippen LogP contribution >= 0.6 is 22.7 Å². The highest BCUT2D eigenvalue weighted by atomic mass is 32.2. The summed E-state index contributed by atoms with van der Waals surface area (Å²) in [6, 6.07) is 1.44. The second-order valence-electron chi connectivity index (χ2n) is 4.23. The number of nitrogens with one attached hydrogen (secondary N) is 2. The Kier molecular flexibility index (Phi) is 5.28. The topological polar surface area (TPSA) is 71.1 Å². The predicted octanol–water partition coefficient (Wildman–Crippen LogP) is 2.35. The lowest BCUT2D eigenvalue weighted by atomic mass is 10.3. The lowest BCUT2D eigenvalue weighted by molar-refractivity contribution is 0.549. The molecular formula is C12H17N3O2S3. The maximum atomic E-state index is 12.4. The van der Waals surface area contributed by atoms with E-state index >= 15 is 0 Å². The van der Waals surface area contributed by atoms with Crippen molar-refractivity contribution in [2.24, 2.45) is 0 Å². The fourth-order valence-corrected chi connectivity index (χ4v) is 5.16. The molecule has 2 N–H and O–H groups in total. The Hall–Kier alpha value is -0.800. The third-order valence-corrected chi connectivity index (χ3v) is 6.17. The van der Waals surface area contributed by atoms with Gasteiger partial charge in [-0.05, 0) is 19.5 Å². The van der Waals surface area contributed by atoms with Crippen LogP contribution in [0.15, 0.2) is 27.9 Å². The summed E-state index contributed by atoms with van der Waals surface area (Å²) < 4.78 is 27.5. The van der Waals surface area contributed by atoms with Gasteiger partial charge in [0.05, 0.1) is 10.9 Å². The monoisotopic (exact) mass is 331 g/mol. The van der Waals surface area contributed by atoms with Gasteiger partial charge in [0, 0.05) is 28.4 Å². The molecule has 0 fully saturated rings. The van der Waals surface area contributed by atoms with Crippen LogP contribution in [0.5, 0.6) is 0 Å². The minimum absolute atomic E-state index is 0.271. The summed E-state index contributed by atoms with van der Waals surface area (Å²) in [6.45, 7) is 2.61. The molecule has 0 spiro atoms. The van der Waals surface area contributed by atoms with E-state index in [0.717, 1.165) is 9.88 Å². The Morgan fingerprint density at radius 1 is 1.40 bits per heavy atom. The fourth-order valence-electron chi connectivity index (χ4n) is 1.74. The first-order valence-electron chi connectivity index (χ1n) is 6.20. The number of sulfonamides is 1. The van der Waals surface area contributed by atoms with Gasteiger partial charge in [-0.3, -0.25) is 0 Å². The van der Waals surface area contributed by atoms with E-state index in [9.17, 15) is 8.42 Å². The lowest BCUT2D eigenvalue weighted by Crippen LogP contribution is -2.28. The van der Waals surface area contributed by atoms with Crippen molar-refractivity contribution in [3.8, 4) is 0 Å². The van der Waals surface area contributed by atoms with Crippen molar-refractivity contribution in [2.45, 2.75) is 30.8 Å². The maximum Gasteiger partial charge on any atom is 0.242 e. The van der Waals surface area contributed by atoms with Gasteiger partial charge < -0.3 is 5.32 Å². The minimum atomic E-state index is -3.50. The summed E-state index contributed by atoms with van der Waals surface area (Å²) in [5.41, 5.74) is 0. The number of hydrogen-bond donors (Lipinski definition) is 2. The van der Waals surface area contributed by atoms with Gasteiger partial charge in [-0.2, -0.15) is 0 Å². The Morgan fingerprint density at radius 3 is 2.80 bits per heavy atom. The number of rotatable bonds is 7. The van der Waals surface area contributed by atoms with Crippen LogP contribution in [0.3, 0.4) is 0 Å². The molecular weight excluding hydrogens is 314 g/mol. The quantitative estimate of drug-likeness (QED) is 0.817. The van der Waals surface area contributed by atoms with E-state index < -0.39 is 10.0 Å². The molecule has 0 bridgehead atoms. The summed E-state index contributed by atoms with van der Waals surface area (Å²) in [6.07, 6.45) is 2.35. The van der Waals surface area contributed by atoms with Crippen LogP contribution in [0.1, 0.15) is 29.3 Å². The zero-order valence-electron chi connectivity index (χ0n) is 11.3. The Balaban J connectivity index is 2.17. The number of aromatic nitrogens is 1. The summed E-state index contributed by atoms with van der Waals surface area (Å²) in [7, 11) is -1.66. The minimum Gasteiger partial charge on any atom is -0.315 e. The van der Waals surface area contributed by atoms with Crippen LogP contribution in [0.4, 0.5) is 0 Å². The number of hydrogen-bond acceptors (Lipinski definition) is 6. The summed E-state index contributed by atoms with van der Waals surface area (Å²) in [5, 5.41) is 7.32. The SMILES string of the molecule is CCC(NS(=O)(=O)c1csc(CNC)c1)c1nccs1. The van der Waals surface area contributed by atoms with Gasteiger partial charge in [-0.15, -0.1) is 22.7 Å². The van der Waals surface area contributed by atoms with Crippen LogP contribution in [-0.4, -0.2) is 20.4 Å². The van der Waals surface area contributed by atoms with E-state index in [1.807, 2.05) is 19.4 Å².